The lowest BCUT2D eigenvalue weighted by Gasteiger charge is -2.04. The van der Waals surface area contributed by atoms with Crippen molar-refractivity contribution in [3.63, 3.8) is 0 Å². The molecule has 1 aromatic carbocycles. The van der Waals surface area contributed by atoms with E-state index in [1.165, 1.54) is 27.6 Å². The van der Waals surface area contributed by atoms with Gasteiger partial charge in [-0.05, 0) is 37.0 Å². The van der Waals surface area contributed by atoms with E-state index in [2.05, 4.69) is 43.8 Å². The van der Waals surface area contributed by atoms with Crippen molar-refractivity contribution < 1.29 is 5.11 Å². The van der Waals surface area contributed by atoms with Gasteiger partial charge in [0.05, 0.1) is 5.52 Å². The summed E-state index contributed by atoms with van der Waals surface area (Å²) in [5, 5.41) is 10.3. The van der Waals surface area contributed by atoms with Crippen molar-refractivity contribution in [2.24, 2.45) is 7.05 Å². The monoisotopic (exact) mass is 203 g/mol. The molecule has 1 aromatic heterocycles. The van der Waals surface area contributed by atoms with E-state index in [1.807, 2.05) is 0 Å². The highest BCUT2D eigenvalue weighted by Gasteiger charge is 2.09. The smallest absolute Gasteiger partial charge is 0.0512 e. The van der Waals surface area contributed by atoms with Gasteiger partial charge in [-0.15, -0.1) is 0 Å². The molecular weight excluding hydrogens is 186 g/mol. The van der Waals surface area contributed by atoms with Crippen LogP contribution in [0.5, 0.6) is 0 Å². The van der Waals surface area contributed by atoms with Gasteiger partial charge in [0.25, 0.3) is 0 Å². The van der Waals surface area contributed by atoms with E-state index in [0.717, 1.165) is 6.42 Å². The van der Waals surface area contributed by atoms with E-state index in [-0.39, 0.29) is 6.61 Å². The van der Waals surface area contributed by atoms with Crippen molar-refractivity contribution >= 4 is 10.9 Å². The fraction of sp³-hybridized carbons (Fsp3) is 0.385. The van der Waals surface area contributed by atoms with Gasteiger partial charge in [-0.1, -0.05) is 12.1 Å². The Bertz CT molecular complexity index is 497. The highest BCUT2D eigenvalue weighted by atomic mass is 16.2. The summed E-state index contributed by atoms with van der Waals surface area (Å²) in [6, 6.07) is 4.31. The predicted molar refractivity (Wildman–Crippen MR) is 63.2 cm³/mol. The van der Waals surface area contributed by atoms with Gasteiger partial charge in [-0.3, -0.25) is 0 Å². The molecule has 0 atom stereocenters. The van der Waals surface area contributed by atoms with E-state index < -0.39 is 0 Å². The minimum absolute atomic E-state index is 0.214. The van der Waals surface area contributed by atoms with Gasteiger partial charge in [0.2, 0.25) is 0 Å². The molecule has 80 valence electrons. The molecule has 0 amide bonds. The number of aliphatic hydroxyl groups is 1. The molecular formula is C13H17NO. The van der Waals surface area contributed by atoms with Crippen molar-refractivity contribution in [3.05, 3.63) is 35.0 Å². The van der Waals surface area contributed by atoms with Crippen LogP contribution < -0.4 is 0 Å². The summed E-state index contributed by atoms with van der Waals surface area (Å²) >= 11 is 0. The average Bonchev–Trinajstić information content (AvgIpc) is 2.51. The summed E-state index contributed by atoms with van der Waals surface area (Å²) in [6.45, 7) is 4.50. The third kappa shape index (κ3) is 1.55. The number of fused-ring (bicyclic) bond motifs is 1. The summed E-state index contributed by atoms with van der Waals surface area (Å²) in [4.78, 5) is 0. The molecule has 0 radical (unpaired) electrons. The largest absolute Gasteiger partial charge is 0.396 e. The van der Waals surface area contributed by atoms with E-state index in [9.17, 15) is 0 Å². The Morgan fingerprint density at radius 1 is 1.27 bits per heavy atom. The summed E-state index contributed by atoms with van der Waals surface area (Å²) < 4.78 is 2.16. The number of hydrogen-bond acceptors (Lipinski definition) is 1. The van der Waals surface area contributed by atoms with Gasteiger partial charge in [-0.25, -0.2) is 0 Å². The van der Waals surface area contributed by atoms with Crippen LogP contribution in [0.4, 0.5) is 0 Å². The zero-order valence-electron chi connectivity index (χ0n) is 9.54. The molecule has 0 aliphatic heterocycles. The summed E-state index contributed by atoms with van der Waals surface area (Å²) in [5.41, 5.74) is 5.18. The Morgan fingerprint density at radius 2 is 2.00 bits per heavy atom. The molecule has 2 rings (SSSR count). The Kier molecular flexibility index (Phi) is 2.53. The quantitative estimate of drug-likeness (QED) is 0.796. The average molecular weight is 203 g/mol. The van der Waals surface area contributed by atoms with Crippen LogP contribution in [0, 0.1) is 13.8 Å². The molecule has 0 fully saturated rings. The zero-order valence-corrected chi connectivity index (χ0v) is 9.54. The molecule has 0 aliphatic rings. The Labute approximate surface area is 90.2 Å². The maximum atomic E-state index is 9.00. The first-order chi connectivity index (χ1) is 7.15. The summed E-state index contributed by atoms with van der Waals surface area (Å²) in [5.74, 6) is 0. The van der Waals surface area contributed by atoms with E-state index >= 15 is 0 Å². The van der Waals surface area contributed by atoms with Crippen LogP contribution in [0.25, 0.3) is 10.9 Å². The lowest BCUT2D eigenvalue weighted by molar-refractivity contribution is 0.300. The van der Waals surface area contributed by atoms with Crippen molar-refractivity contribution in [2.75, 3.05) is 6.61 Å². The second kappa shape index (κ2) is 3.70. The number of aromatic nitrogens is 1. The van der Waals surface area contributed by atoms with Crippen LogP contribution in [-0.4, -0.2) is 16.3 Å². The predicted octanol–water partition coefficient (Wildman–Crippen LogP) is 2.33. The number of aryl methyl sites for hydroxylation is 3. The molecule has 1 heterocycles. The van der Waals surface area contributed by atoms with Crippen molar-refractivity contribution in [1.29, 1.82) is 0 Å². The van der Waals surface area contributed by atoms with E-state index in [4.69, 9.17) is 5.11 Å². The normalized spacial score (nSPS) is 11.2. The second-order valence-corrected chi connectivity index (χ2v) is 4.14. The highest BCUT2D eigenvalue weighted by Crippen LogP contribution is 2.26. The van der Waals surface area contributed by atoms with Gasteiger partial charge >= 0.3 is 0 Å². The third-order valence-corrected chi connectivity index (χ3v) is 3.13. The van der Waals surface area contributed by atoms with Crippen LogP contribution in [-0.2, 0) is 13.5 Å². The molecule has 0 bridgehead atoms. The maximum absolute atomic E-state index is 9.00. The van der Waals surface area contributed by atoms with E-state index in [0.29, 0.717) is 0 Å². The first-order valence-corrected chi connectivity index (χ1v) is 5.30. The minimum Gasteiger partial charge on any atom is -0.396 e. The number of benzene rings is 1. The second-order valence-electron chi connectivity index (χ2n) is 4.14. The van der Waals surface area contributed by atoms with Crippen molar-refractivity contribution in [2.45, 2.75) is 20.3 Å². The van der Waals surface area contributed by atoms with Gasteiger partial charge in [0.1, 0.15) is 0 Å². The molecule has 15 heavy (non-hydrogen) atoms. The Hall–Kier alpha value is -1.28. The van der Waals surface area contributed by atoms with Crippen LogP contribution in [0.1, 0.15) is 16.7 Å². The SMILES string of the molecule is Cc1ccc2c(CCO)cn(C)c2c1C. The number of aliphatic hydroxyl groups excluding tert-OH is 1. The molecule has 1 N–H and O–H groups in total. The number of rotatable bonds is 2. The first kappa shape index (κ1) is 10.2. The minimum atomic E-state index is 0.214. The standard InChI is InChI=1S/C13H17NO/c1-9-4-5-12-11(6-7-15)8-14(3)13(12)10(9)2/h4-5,8,15H,6-7H2,1-3H3. The van der Waals surface area contributed by atoms with Crippen LogP contribution in [0.15, 0.2) is 18.3 Å². The molecule has 2 aromatic rings. The van der Waals surface area contributed by atoms with Gasteiger partial charge < -0.3 is 9.67 Å². The van der Waals surface area contributed by atoms with Gasteiger partial charge in [-0.2, -0.15) is 0 Å². The van der Waals surface area contributed by atoms with Crippen LogP contribution in [0.2, 0.25) is 0 Å². The zero-order chi connectivity index (χ0) is 11.0. The topological polar surface area (TPSA) is 25.2 Å². The number of nitrogens with zero attached hydrogens (tertiary/aromatic N) is 1. The fourth-order valence-corrected chi connectivity index (χ4v) is 2.20. The number of hydrogen-bond donors (Lipinski definition) is 1. The van der Waals surface area contributed by atoms with Gasteiger partial charge in [0, 0.05) is 25.2 Å². The fourth-order valence-electron chi connectivity index (χ4n) is 2.20. The molecule has 2 heteroatoms. The van der Waals surface area contributed by atoms with Crippen LogP contribution in [0.3, 0.4) is 0 Å². The lowest BCUT2D eigenvalue weighted by atomic mass is 10.0. The maximum Gasteiger partial charge on any atom is 0.0512 e. The first-order valence-electron chi connectivity index (χ1n) is 5.30. The Balaban J connectivity index is 2.74. The molecule has 0 spiro atoms. The van der Waals surface area contributed by atoms with Gasteiger partial charge in [0.15, 0.2) is 0 Å². The molecule has 0 saturated carbocycles. The van der Waals surface area contributed by atoms with Crippen molar-refractivity contribution in [3.8, 4) is 0 Å². The van der Waals surface area contributed by atoms with E-state index in [1.54, 1.807) is 0 Å². The summed E-state index contributed by atoms with van der Waals surface area (Å²) in [6.07, 6.45) is 2.85. The Morgan fingerprint density at radius 3 is 2.67 bits per heavy atom. The third-order valence-electron chi connectivity index (χ3n) is 3.13. The van der Waals surface area contributed by atoms with Crippen molar-refractivity contribution in [1.82, 2.24) is 4.57 Å². The highest BCUT2D eigenvalue weighted by molar-refractivity contribution is 5.87. The lowest BCUT2D eigenvalue weighted by Crippen LogP contribution is -1.89. The molecule has 0 aliphatic carbocycles. The summed E-state index contributed by atoms with van der Waals surface area (Å²) in [7, 11) is 2.07. The van der Waals surface area contributed by atoms with Crippen LogP contribution >= 0.6 is 0 Å². The molecule has 0 saturated heterocycles. The molecule has 2 nitrogen and oxygen atoms in total. The molecule has 0 unspecified atom stereocenters.